The first-order chi connectivity index (χ1) is 12.6. The zero-order chi connectivity index (χ0) is 18.1. The molecule has 8 nitrogen and oxygen atoms in total. The maximum Gasteiger partial charge on any atom is 0.259 e. The van der Waals surface area contributed by atoms with Gasteiger partial charge in [-0.1, -0.05) is 28.9 Å². The van der Waals surface area contributed by atoms with Crippen molar-refractivity contribution in [1.82, 2.24) is 24.9 Å². The van der Waals surface area contributed by atoms with E-state index in [0.717, 1.165) is 11.1 Å². The molecule has 8 heteroatoms. The van der Waals surface area contributed by atoms with Gasteiger partial charge in [-0.2, -0.15) is 4.98 Å². The number of aryl methyl sites for hydroxylation is 2. The highest BCUT2D eigenvalue weighted by atomic mass is 16.5. The minimum absolute atomic E-state index is 0.173. The molecule has 0 saturated carbocycles. The summed E-state index contributed by atoms with van der Waals surface area (Å²) < 4.78 is 12.2. The molecular weight excluding hydrogens is 334 g/mol. The highest BCUT2D eigenvalue weighted by molar-refractivity contribution is 5.59. The molecule has 4 rings (SSSR count). The zero-order valence-electron chi connectivity index (χ0n) is 14.2. The van der Waals surface area contributed by atoms with E-state index in [1.807, 2.05) is 31.2 Å². The Kier molecular flexibility index (Phi) is 3.92. The average molecular weight is 349 g/mol. The fraction of sp³-hybridized carbons (Fsp3) is 0.167. The summed E-state index contributed by atoms with van der Waals surface area (Å²) in [6.07, 6.45) is 1.63. The number of rotatable bonds is 4. The Morgan fingerprint density at radius 3 is 2.73 bits per heavy atom. The van der Waals surface area contributed by atoms with E-state index in [1.165, 1.54) is 10.6 Å². The van der Waals surface area contributed by atoms with Crippen molar-refractivity contribution >= 4 is 0 Å². The fourth-order valence-corrected chi connectivity index (χ4v) is 2.57. The molecule has 0 fully saturated rings. The second-order valence-electron chi connectivity index (χ2n) is 5.89. The smallest absolute Gasteiger partial charge is 0.259 e. The quantitative estimate of drug-likeness (QED) is 0.558. The van der Waals surface area contributed by atoms with E-state index in [-0.39, 0.29) is 12.1 Å². The van der Waals surface area contributed by atoms with Gasteiger partial charge in [-0.25, -0.2) is 0 Å². The van der Waals surface area contributed by atoms with Crippen LogP contribution in [0.15, 0.2) is 56.3 Å². The lowest BCUT2D eigenvalue weighted by molar-refractivity contribution is 0.431. The van der Waals surface area contributed by atoms with Crippen molar-refractivity contribution in [1.29, 1.82) is 0 Å². The molecule has 0 N–H and O–H groups in total. The van der Waals surface area contributed by atoms with Gasteiger partial charge in [0.15, 0.2) is 0 Å². The number of nitrogens with zero attached hydrogens (tertiary/aromatic N) is 5. The lowest BCUT2D eigenvalue weighted by Crippen LogP contribution is -2.19. The van der Waals surface area contributed by atoms with Gasteiger partial charge in [0.1, 0.15) is 6.54 Å². The van der Waals surface area contributed by atoms with Crippen LogP contribution in [0.5, 0.6) is 0 Å². The number of hydrogen-bond donors (Lipinski definition) is 0. The molecule has 0 amide bonds. The Morgan fingerprint density at radius 2 is 1.96 bits per heavy atom. The van der Waals surface area contributed by atoms with Crippen molar-refractivity contribution in [2.75, 3.05) is 0 Å². The molecule has 0 aliphatic rings. The van der Waals surface area contributed by atoms with Crippen LogP contribution >= 0.6 is 0 Å². The molecule has 0 spiro atoms. The normalized spacial score (nSPS) is 11.0. The molecule has 3 heterocycles. The van der Waals surface area contributed by atoms with Gasteiger partial charge >= 0.3 is 0 Å². The van der Waals surface area contributed by atoms with Gasteiger partial charge in [0.05, 0.1) is 5.56 Å². The van der Waals surface area contributed by atoms with Gasteiger partial charge < -0.3 is 13.5 Å². The predicted octanol–water partition coefficient (Wildman–Crippen LogP) is 2.61. The maximum absolute atomic E-state index is 12.1. The first kappa shape index (κ1) is 15.9. The van der Waals surface area contributed by atoms with Crippen LogP contribution in [0.25, 0.3) is 22.8 Å². The molecular formula is C18H15N5O3. The molecule has 0 radical (unpaired) electrons. The van der Waals surface area contributed by atoms with Gasteiger partial charge in [0.25, 0.3) is 11.4 Å². The molecule has 1 aromatic carbocycles. The van der Waals surface area contributed by atoms with E-state index in [1.54, 1.807) is 19.2 Å². The van der Waals surface area contributed by atoms with Crippen molar-refractivity contribution < 1.29 is 8.94 Å². The van der Waals surface area contributed by atoms with Gasteiger partial charge in [-0.05, 0) is 19.1 Å². The predicted molar refractivity (Wildman–Crippen MR) is 92.3 cm³/mol. The van der Waals surface area contributed by atoms with Gasteiger partial charge in [0.2, 0.25) is 17.6 Å². The third-order valence-corrected chi connectivity index (χ3v) is 3.81. The Morgan fingerprint density at radius 1 is 1.08 bits per heavy atom. The Balaban J connectivity index is 1.66. The van der Waals surface area contributed by atoms with Crippen LogP contribution in [0.4, 0.5) is 0 Å². The van der Waals surface area contributed by atoms with Crippen LogP contribution < -0.4 is 5.56 Å². The van der Waals surface area contributed by atoms with E-state index in [9.17, 15) is 4.79 Å². The van der Waals surface area contributed by atoms with Crippen molar-refractivity contribution in [2.24, 2.45) is 0 Å². The van der Waals surface area contributed by atoms with E-state index in [2.05, 4.69) is 20.3 Å². The summed E-state index contributed by atoms with van der Waals surface area (Å²) in [6.45, 7) is 3.87. The molecule has 4 aromatic rings. The van der Waals surface area contributed by atoms with Crippen LogP contribution in [0.2, 0.25) is 0 Å². The summed E-state index contributed by atoms with van der Waals surface area (Å²) in [6, 6.07) is 10.9. The van der Waals surface area contributed by atoms with E-state index in [4.69, 9.17) is 8.94 Å². The largest absolute Gasteiger partial charge is 0.424 e. The standard InChI is InChI=1S/C18H15N5O3/c1-11-4-3-5-13(8-11)17-19-18(26-22-17)14-6-7-16(24)23(9-14)10-15-21-20-12(2)25-15/h3-9H,10H2,1-2H3. The van der Waals surface area contributed by atoms with Crippen molar-refractivity contribution in [3.63, 3.8) is 0 Å². The Labute approximate surface area is 148 Å². The van der Waals surface area contributed by atoms with Crippen LogP contribution in [-0.2, 0) is 6.54 Å². The number of aromatic nitrogens is 5. The Hall–Kier alpha value is -3.55. The van der Waals surface area contributed by atoms with Crippen LogP contribution in [-0.4, -0.2) is 24.9 Å². The summed E-state index contributed by atoms with van der Waals surface area (Å²) >= 11 is 0. The minimum atomic E-state index is -0.192. The summed E-state index contributed by atoms with van der Waals surface area (Å²) in [5.41, 5.74) is 2.42. The highest BCUT2D eigenvalue weighted by Gasteiger charge is 2.13. The molecule has 130 valence electrons. The summed E-state index contributed by atoms with van der Waals surface area (Å²) in [4.78, 5) is 16.5. The number of pyridine rings is 1. The molecule has 0 aliphatic heterocycles. The summed E-state index contributed by atoms with van der Waals surface area (Å²) in [5, 5.41) is 11.7. The molecule has 0 aliphatic carbocycles. The van der Waals surface area contributed by atoms with Crippen molar-refractivity contribution in [2.45, 2.75) is 20.4 Å². The van der Waals surface area contributed by atoms with Crippen molar-refractivity contribution in [3.8, 4) is 22.8 Å². The fourth-order valence-electron chi connectivity index (χ4n) is 2.57. The van der Waals surface area contributed by atoms with Gasteiger partial charge in [-0.3, -0.25) is 4.79 Å². The molecule has 0 bridgehead atoms. The second-order valence-corrected chi connectivity index (χ2v) is 5.89. The van der Waals surface area contributed by atoms with E-state index in [0.29, 0.717) is 29.1 Å². The summed E-state index contributed by atoms with van der Waals surface area (Å²) in [5.74, 6) is 1.63. The minimum Gasteiger partial charge on any atom is -0.424 e. The second kappa shape index (κ2) is 6.40. The zero-order valence-corrected chi connectivity index (χ0v) is 14.2. The lowest BCUT2D eigenvalue weighted by Gasteiger charge is -2.03. The molecule has 0 saturated heterocycles. The third kappa shape index (κ3) is 3.16. The van der Waals surface area contributed by atoms with Crippen LogP contribution in [0, 0.1) is 13.8 Å². The Bertz CT molecular complexity index is 1130. The van der Waals surface area contributed by atoms with Crippen LogP contribution in [0.1, 0.15) is 17.3 Å². The first-order valence-electron chi connectivity index (χ1n) is 7.99. The van der Waals surface area contributed by atoms with E-state index >= 15 is 0 Å². The highest BCUT2D eigenvalue weighted by Crippen LogP contribution is 2.22. The van der Waals surface area contributed by atoms with Gasteiger partial charge in [0, 0.05) is 24.8 Å². The molecule has 26 heavy (non-hydrogen) atoms. The summed E-state index contributed by atoms with van der Waals surface area (Å²) in [7, 11) is 0. The number of benzene rings is 1. The topological polar surface area (TPSA) is 99.8 Å². The third-order valence-electron chi connectivity index (χ3n) is 3.81. The van der Waals surface area contributed by atoms with E-state index < -0.39 is 0 Å². The molecule has 0 unspecified atom stereocenters. The first-order valence-corrected chi connectivity index (χ1v) is 7.99. The molecule has 3 aromatic heterocycles. The van der Waals surface area contributed by atoms with Crippen LogP contribution in [0.3, 0.4) is 0 Å². The number of hydrogen-bond acceptors (Lipinski definition) is 7. The maximum atomic E-state index is 12.1. The lowest BCUT2D eigenvalue weighted by atomic mass is 10.1. The monoisotopic (exact) mass is 349 g/mol. The average Bonchev–Trinajstić information content (AvgIpc) is 3.26. The van der Waals surface area contributed by atoms with Gasteiger partial charge in [-0.15, -0.1) is 10.2 Å². The SMILES string of the molecule is Cc1cccc(-c2noc(-c3ccc(=O)n(Cc4nnc(C)o4)c3)n2)c1. The molecule has 0 atom stereocenters. The van der Waals surface area contributed by atoms with Crippen molar-refractivity contribution in [3.05, 3.63) is 70.3 Å².